The van der Waals surface area contributed by atoms with E-state index in [1.54, 1.807) is 10.9 Å². The molecule has 0 saturated heterocycles. The number of fused-ring (bicyclic) bond motifs is 1. The number of carboxylic acids is 1. The molecular weight excluding hydrogens is 453 g/mol. The summed E-state index contributed by atoms with van der Waals surface area (Å²) in [6.07, 6.45) is 1.43. The first-order valence-electron chi connectivity index (χ1n) is 10.2. The third kappa shape index (κ3) is 4.81. The number of benzene rings is 1. The second-order valence-corrected chi connectivity index (χ2v) is 7.34. The molecule has 0 aliphatic carbocycles. The normalized spacial score (nSPS) is 13.1. The van der Waals surface area contributed by atoms with Gasteiger partial charge in [0, 0.05) is 36.4 Å². The number of hydrogen-bond acceptors (Lipinski definition) is 7. The van der Waals surface area contributed by atoms with Gasteiger partial charge >= 0.3 is 12.1 Å². The zero-order chi connectivity index (χ0) is 24.3. The van der Waals surface area contributed by atoms with E-state index in [0.29, 0.717) is 11.7 Å². The maximum absolute atomic E-state index is 10.6. The van der Waals surface area contributed by atoms with Gasteiger partial charge in [-0.05, 0) is 49.2 Å². The molecular formula is C22H19F3N6O3. The van der Waals surface area contributed by atoms with E-state index in [-0.39, 0.29) is 0 Å². The molecule has 0 bridgehead atoms. The average Bonchev–Trinajstić information content (AvgIpc) is 3.51. The van der Waals surface area contributed by atoms with Crippen molar-refractivity contribution in [1.82, 2.24) is 30.2 Å². The first kappa shape index (κ1) is 23.1. The van der Waals surface area contributed by atoms with Crippen LogP contribution < -0.4 is 5.32 Å². The van der Waals surface area contributed by atoms with Gasteiger partial charge in [0.05, 0.1) is 11.3 Å². The number of carbonyl (C=O) groups is 1. The maximum atomic E-state index is 10.6. The number of carboxylic acid groups (broad SMARTS) is 1. The molecule has 0 radical (unpaired) electrons. The molecule has 1 aliphatic heterocycles. The molecule has 34 heavy (non-hydrogen) atoms. The van der Waals surface area contributed by atoms with Crippen molar-refractivity contribution in [3.63, 3.8) is 0 Å². The van der Waals surface area contributed by atoms with Crippen molar-refractivity contribution in [3.8, 4) is 28.5 Å². The van der Waals surface area contributed by atoms with E-state index < -0.39 is 12.1 Å². The fourth-order valence-electron chi connectivity index (χ4n) is 3.57. The van der Waals surface area contributed by atoms with Gasteiger partial charge in [0.25, 0.3) is 5.89 Å². The number of alkyl halides is 3. The molecule has 0 atom stereocenters. The lowest BCUT2D eigenvalue weighted by Gasteiger charge is -2.19. The zero-order valence-corrected chi connectivity index (χ0v) is 17.9. The summed E-state index contributed by atoms with van der Waals surface area (Å²) in [5.41, 5.74) is 6.10. The fourth-order valence-corrected chi connectivity index (χ4v) is 3.57. The van der Waals surface area contributed by atoms with Gasteiger partial charge in [-0.2, -0.15) is 23.3 Å². The summed E-state index contributed by atoms with van der Waals surface area (Å²) in [5.74, 6) is -1.70. The molecule has 4 aromatic rings. The van der Waals surface area contributed by atoms with E-state index in [4.69, 9.17) is 19.4 Å². The lowest BCUT2D eigenvalue weighted by atomic mass is 9.95. The SMILES string of the molecule is Cc1ncc2c(c1-c1noc(-c3ccccc3-n3cccn3)n1)CCNC2.O=C(O)C(F)(F)F. The van der Waals surface area contributed by atoms with Crippen LogP contribution in [0, 0.1) is 6.92 Å². The highest BCUT2D eigenvalue weighted by Crippen LogP contribution is 2.31. The van der Waals surface area contributed by atoms with E-state index >= 15 is 0 Å². The highest BCUT2D eigenvalue weighted by molar-refractivity contribution is 5.73. The summed E-state index contributed by atoms with van der Waals surface area (Å²) >= 11 is 0. The first-order chi connectivity index (χ1) is 16.3. The van der Waals surface area contributed by atoms with E-state index in [1.165, 1.54) is 11.1 Å². The van der Waals surface area contributed by atoms with Gasteiger partial charge < -0.3 is 14.9 Å². The number of hydrogen-bond donors (Lipinski definition) is 2. The van der Waals surface area contributed by atoms with Gasteiger partial charge in [-0.15, -0.1) is 0 Å². The number of aryl methyl sites for hydroxylation is 1. The van der Waals surface area contributed by atoms with Crippen molar-refractivity contribution in [3.05, 3.63) is 65.7 Å². The Balaban J connectivity index is 0.000000344. The summed E-state index contributed by atoms with van der Waals surface area (Å²) in [4.78, 5) is 18.1. The molecule has 0 fully saturated rings. The van der Waals surface area contributed by atoms with Gasteiger partial charge in [-0.25, -0.2) is 9.48 Å². The Morgan fingerprint density at radius 1 is 1.24 bits per heavy atom. The number of nitrogens with zero attached hydrogens (tertiary/aromatic N) is 5. The van der Waals surface area contributed by atoms with Crippen molar-refractivity contribution in [2.75, 3.05) is 6.54 Å². The zero-order valence-electron chi connectivity index (χ0n) is 17.9. The number of aliphatic carboxylic acids is 1. The van der Waals surface area contributed by atoms with Gasteiger partial charge in [-0.3, -0.25) is 4.98 Å². The highest BCUT2D eigenvalue weighted by Gasteiger charge is 2.38. The Bertz CT molecular complexity index is 1300. The molecule has 176 valence electrons. The van der Waals surface area contributed by atoms with Crippen molar-refractivity contribution in [2.24, 2.45) is 0 Å². The molecule has 1 aromatic carbocycles. The van der Waals surface area contributed by atoms with Crippen LogP contribution in [-0.2, 0) is 17.8 Å². The largest absolute Gasteiger partial charge is 0.490 e. The summed E-state index contributed by atoms with van der Waals surface area (Å²) in [5, 5.41) is 19.1. The Morgan fingerprint density at radius 2 is 2.00 bits per heavy atom. The molecule has 1 aliphatic rings. The quantitative estimate of drug-likeness (QED) is 0.465. The van der Waals surface area contributed by atoms with E-state index in [0.717, 1.165) is 42.0 Å². The van der Waals surface area contributed by atoms with Crippen molar-refractivity contribution < 1.29 is 27.6 Å². The smallest absolute Gasteiger partial charge is 0.475 e. The number of pyridine rings is 1. The number of halogens is 3. The molecule has 0 unspecified atom stereocenters. The van der Waals surface area contributed by atoms with Crippen molar-refractivity contribution in [2.45, 2.75) is 26.1 Å². The summed E-state index contributed by atoms with van der Waals surface area (Å²) in [7, 11) is 0. The lowest BCUT2D eigenvalue weighted by Crippen LogP contribution is -2.24. The number of para-hydroxylation sites is 1. The van der Waals surface area contributed by atoms with Crippen LogP contribution in [-0.4, -0.2) is 48.7 Å². The first-order valence-corrected chi connectivity index (χ1v) is 10.2. The Labute approximate surface area is 191 Å². The molecule has 3 aromatic heterocycles. The van der Waals surface area contributed by atoms with Gasteiger partial charge in [0.15, 0.2) is 0 Å². The molecule has 12 heteroatoms. The predicted molar refractivity (Wildman–Crippen MR) is 114 cm³/mol. The third-order valence-electron chi connectivity index (χ3n) is 5.11. The maximum Gasteiger partial charge on any atom is 0.490 e. The molecule has 0 amide bonds. The van der Waals surface area contributed by atoms with Gasteiger partial charge in [0.2, 0.25) is 5.82 Å². The van der Waals surface area contributed by atoms with Crippen molar-refractivity contribution in [1.29, 1.82) is 0 Å². The van der Waals surface area contributed by atoms with Crippen LogP contribution in [0.4, 0.5) is 13.2 Å². The summed E-state index contributed by atoms with van der Waals surface area (Å²) in [6.45, 7) is 3.75. The lowest BCUT2D eigenvalue weighted by molar-refractivity contribution is -0.192. The molecule has 0 spiro atoms. The van der Waals surface area contributed by atoms with Crippen LogP contribution in [0.15, 0.2) is 53.4 Å². The van der Waals surface area contributed by atoms with Crippen molar-refractivity contribution >= 4 is 5.97 Å². The Morgan fingerprint density at radius 3 is 2.71 bits per heavy atom. The Hall–Kier alpha value is -4.06. The van der Waals surface area contributed by atoms with Gasteiger partial charge in [0.1, 0.15) is 0 Å². The van der Waals surface area contributed by atoms with Crippen LogP contribution >= 0.6 is 0 Å². The Kier molecular flexibility index (Phi) is 6.41. The third-order valence-corrected chi connectivity index (χ3v) is 5.11. The van der Waals surface area contributed by atoms with Crippen LogP contribution in [0.5, 0.6) is 0 Å². The highest BCUT2D eigenvalue weighted by atomic mass is 19.4. The monoisotopic (exact) mass is 472 g/mol. The minimum absolute atomic E-state index is 0.474. The second kappa shape index (κ2) is 9.43. The standard InChI is InChI=1S/C20H18N6O.C2HF3O2/c1-13-18(15-7-9-21-11-14(15)12-22-13)19-24-20(27-25-19)16-5-2-3-6-17(16)26-10-4-8-23-26;3-2(4,5)1(6)7/h2-6,8,10,12,21H,7,9,11H2,1H3;(H,6,7). The summed E-state index contributed by atoms with van der Waals surface area (Å²) in [6, 6.07) is 9.75. The topological polar surface area (TPSA) is 119 Å². The number of rotatable bonds is 3. The van der Waals surface area contributed by atoms with E-state index in [2.05, 4.69) is 20.6 Å². The molecule has 0 saturated carbocycles. The van der Waals surface area contributed by atoms with E-state index in [9.17, 15) is 13.2 Å². The van der Waals surface area contributed by atoms with Crippen LogP contribution in [0.25, 0.3) is 28.5 Å². The summed E-state index contributed by atoms with van der Waals surface area (Å²) < 4.78 is 39.2. The minimum Gasteiger partial charge on any atom is -0.475 e. The fraction of sp³-hybridized carbons (Fsp3) is 0.227. The molecule has 2 N–H and O–H groups in total. The second-order valence-electron chi connectivity index (χ2n) is 7.34. The van der Waals surface area contributed by atoms with E-state index in [1.807, 2.05) is 49.6 Å². The average molecular weight is 472 g/mol. The van der Waals surface area contributed by atoms with Gasteiger partial charge in [-0.1, -0.05) is 17.3 Å². The number of aromatic nitrogens is 5. The predicted octanol–water partition coefficient (Wildman–Crippen LogP) is 3.57. The molecule has 9 nitrogen and oxygen atoms in total. The minimum atomic E-state index is -5.08. The van der Waals surface area contributed by atoms with Crippen LogP contribution in [0.2, 0.25) is 0 Å². The van der Waals surface area contributed by atoms with Crippen LogP contribution in [0.3, 0.4) is 0 Å². The number of nitrogens with one attached hydrogen (secondary N) is 1. The molecule has 5 rings (SSSR count). The van der Waals surface area contributed by atoms with Crippen LogP contribution in [0.1, 0.15) is 16.8 Å². The molecule has 4 heterocycles.